The van der Waals surface area contributed by atoms with Crippen molar-refractivity contribution >= 4 is 0 Å². The zero-order valence-corrected chi connectivity index (χ0v) is 14.8. The van der Waals surface area contributed by atoms with Gasteiger partial charge in [-0.2, -0.15) is 0 Å². The normalized spacial score (nSPS) is 37.9. The Morgan fingerprint density at radius 3 is 2.67 bits per heavy atom. The van der Waals surface area contributed by atoms with Crippen molar-refractivity contribution in [2.75, 3.05) is 6.54 Å². The first-order valence-electron chi connectivity index (χ1n) is 9.44. The van der Waals surface area contributed by atoms with Gasteiger partial charge in [0.25, 0.3) is 0 Å². The zero-order valence-electron chi connectivity index (χ0n) is 14.8. The quantitative estimate of drug-likeness (QED) is 0.751. The highest BCUT2D eigenvalue weighted by molar-refractivity contribution is 4.91. The molecule has 21 heavy (non-hydrogen) atoms. The minimum Gasteiger partial charge on any atom is -0.370 e. The molecule has 0 amide bonds. The maximum Gasteiger partial charge on any atom is 0.0812 e. The van der Waals surface area contributed by atoms with Gasteiger partial charge >= 0.3 is 0 Å². The number of nitrogens with one attached hydrogen (secondary N) is 1. The monoisotopic (exact) mass is 295 g/mol. The Hall–Kier alpha value is -0.0800. The summed E-state index contributed by atoms with van der Waals surface area (Å²) >= 11 is 0. The van der Waals surface area contributed by atoms with E-state index in [0.717, 1.165) is 18.4 Å². The highest BCUT2D eigenvalue weighted by atomic mass is 16.5. The second-order valence-corrected chi connectivity index (χ2v) is 8.10. The zero-order chi connectivity index (χ0) is 15.3. The molecule has 0 aromatic heterocycles. The molecule has 0 saturated heterocycles. The second-order valence-electron chi connectivity index (χ2n) is 8.10. The SMILES string of the molecule is CCC1CCCC(OC2(CNC(C)C)CCCC(C)C2)C1. The second kappa shape index (κ2) is 7.97. The van der Waals surface area contributed by atoms with Gasteiger partial charge in [0.05, 0.1) is 11.7 Å². The van der Waals surface area contributed by atoms with E-state index >= 15 is 0 Å². The van der Waals surface area contributed by atoms with Gasteiger partial charge in [0.15, 0.2) is 0 Å². The molecule has 2 saturated carbocycles. The van der Waals surface area contributed by atoms with Crippen molar-refractivity contribution in [3.05, 3.63) is 0 Å². The van der Waals surface area contributed by atoms with E-state index in [0.29, 0.717) is 12.1 Å². The third kappa shape index (κ3) is 5.25. The average molecular weight is 296 g/mol. The summed E-state index contributed by atoms with van der Waals surface area (Å²) in [6.07, 6.45) is 12.4. The van der Waals surface area contributed by atoms with Gasteiger partial charge in [-0.3, -0.25) is 0 Å². The summed E-state index contributed by atoms with van der Waals surface area (Å²) in [6, 6.07) is 0.553. The van der Waals surface area contributed by atoms with Crippen LogP contribution in [0.2, 0.25) is 0 Å². The third-order valence-electron chi connectivity index (χ3n) is 5.61. The minimum absolute atomic E-state index is 0.113. The first kappa shape index (κ1) is 17.3. The van der Waals surface area contributed by atoms with Gasteiger partial charge in [0.1, 0.15) is 0 Å². The van der Waals surface area contributed by atoms with Crippen molar-refractivity contribution in [3.8, 4) is 0 Å². The van der Waals surface area contributed by atoms with Crippen LogP contribution < -0.4 is 5.32 Å². The van der Waals surface area contributed by atoms with Gasteiger partial charge in [-0.25, -0.2) is 0 Å². The van der Waals surface area contributed by atoms with Gasteiger partial charge in [-0.1, -0.05) is 59.8 Å². The Balaban J connectivity index is 1.97. The van der Waals surface area contributed by atoms with Crippen molar-refractivity contribution in [3.63, 3.8) is 0 Å². The summed E-state index contributed by atoms with van der Waals surface area (Å²) < 4.78 is 6.81. The van der Waals surface area contributed by atoms with Crippen molar-refractivity contribution in [1.29, 1.82) is 0 Å². The van der Waals surface area contributed by atoms with Crippen LogP contribution in [-0.2, 0) is 4.74 Å². The molecule has 4 unspecified atom stereocenters. The number of hydrogen-bond acceptors (Lipinski definition) is 2. The number of rotatable bonds is 6. The van der Waals surface area contributed by atoms with E-state index in [1.54, 1.807) is 0 Å². The van der Waals surface area contributed by atoms with Gasteiger partial charge in [-0.05, 0) is 37.5 Å². The molecule has 2 aliphatic rings. The van der Waals surface area contributed by atoms with Crippen LogP contribution in [0.1, 0.15) is 85.5 Å². The van der Waals surface area contributed by atoms with Gasteiger partial charge in [-0.15, -0.1) is 0 Å². The first-order chi connectivity index (χ1) is 10.0. The molecular weight excluding hydrogens is 258 g/mol. The maximum absolute atomic E-state index is 6.81. The Bertz CT molecular complexity index is 304. The highest BCUT2D eigenvalue weighted by Gasteiger charge is 2.38. The standard InChI is InChI=1S/C19H37NO/c1-5-17-9-6-10-18(12-17)21-19(14-20-15(2)3)11-7-8-16(4)13-19/h15-18,20H,5-14H2,1-4H3. The molecule has 0 aliphatic heterocycles. The molecule has 2 nitrogen and oxygen atoms in total. The largest absolute Gasteiger partial charge is 0.370 e. The summed E-state index contributed by atoms with van der Waals surface area (Å²) in [4.78, 5) is 0. The van der Waals surface area contributed by atoms with Crippen molar-refractivity contribution in [2.45, 2.75) is 103 Å². The molecule has 0 spiro atoms. The Morgan fingerprint density at radius 1 is 1.19 bits per heavy atom. The molecule has 0 heterocycles. The van der Waals surface area contributed by atoms with E-state index in [9.17, 15) is 0 Å². The lowest BCUT2D eigenvalue weighted by Gasteiger charge is -2.44. The Kier molecular flexibility index (Phi) is 6.55. The van der Waals surface area contributed by atoms with Crippen molar-refractivity contribution < 1.29 is 4.74 Å². The van der Waals surface area contributed by atoms with Gasteiger partial charge in [0, 0.05) is 12.6 Å². The van der Waals surface area contributed by atoms with Crippen LogP contribution in [-0.4, -0.2) is 24.3 Å². The topological polar surface area (TPSA) is 21.3 Å². The fourth-order valence-electron chi connectivity index (χ4n) is 4.38. The summed E-state index contributed by atoms with van der Waals surface area (Å²) in [6.45, 7) is 10.3. The number of hydrogen-bond donors (Lipinski definition) is 1. The summed E-state index contributed by atoms with van der Waals surface area (Å²) in [5.74, 6) is 1.72. The lowest BCUT2D eigenvalue weighted by molar-refractivity contribution is -0.135. The molecule has 124 valence electrons. The van der Waals surface area contributed by atoms with Crippen LogP contribution in [0.15, 0.2) is 0 Å². The lowest BCUT2D eigenvalue weighted by Crippen LogP contribution is -2.50. The van der Waals surface area contributed by atoms with Crippen molar-refractivity contribution in [1.82, 2.24) is 5.32 Å². The predicted octanol–water partition coefficient (Wildman–Crippen LogP) is 4.92. The summed E-state index contributed by atoms with van der Waals surface area (Å²) in [5.41, 5.74) is 0.113. The molecule has 0 aromatic carbocycles. The molecule has 0 radical (unpaired) electrons. The molecule has 2 heteroatoms. The molecule has 0 bridgehead atoms. The van der Waals surface area contributed by atoms with Crippen LogP contribution in [0.4, 0.5) is 0 Å². The smallest absolute Gasteiger partial charge is 0.0812 e. The molecule has 2 aliphatic carbocycles. The van der Waals surface area contributed by atoms with Crippen molar-refractivity contribution in [2.24, 2.45) is 11.8 Å². The van der Waals surface area contributed by atoms with Gasteiger partial charge < -0.3 is 10.1 Å². The highest BCUT2D eigenvalue weighted by Crippen LogP contribution is 2.39. The predicted molar refractivity (Wildman–Crippen MR) is 90.6 cm³/mol. The van der Waals surface area contributed by atoms with Crippen LogP contribution in [0.5, 0.6) is 0 Å². The van der Waals surface area contributed by atoms with E-state index in [2.05, 4.69) is 33.0 Å². The van der Waals surface area contributed by atoms with Crippen LogP contribution in [0.25, 0.3) is 0 Å². The molecule has 0 aromatic rings. The fourth-order valence-corrected chi connectivity index (χ4v) is 4.38. The van der Waals surface area contributed by atoms with Crippen LogP contribution in [0.3, 0.4) is 0 Å². The summed E-state index contributed by atoms with van der Waals surface area (Å²) in [7, 11) is 0. The maximum atomic E-state index is 6.81. The first-order valence-corrected chi connectivity index (χ1v) is 9.44. The molecule has 1 N–H and O–H groups in total. The minimum atomic E-state index is 0.113. The van der Waals surface area contributed by atoms with E-state index in [1.165, 1.54) is 57.8 Å². The molecular formula is C19H37NO. The molecule has 2 rings (SSSR count). The fraction of sp³-hybridized carbons (Fsp3) is 1.00. The van der Waals surface area contributed by atoms with Crippen LogP contribution >= 0.6 is 0 Å². The molecule has 4 atom stereocenters. The number of ether oxygens (including phenoxy) is 1. The van der Waals surface area contributed by atoms with E-state index in [-0.39, 0.29) is 5.60 Å². The lowest BCUT2D eigenvalue weighted by atomic mass is 9.77. The van der Waals surface area contributed by atoms with Crippen LogP contribution in [0, 0.1) is 11.8 Å². The Labute approximate surface area is 132 Å². The van der Waals surface area contributed by atoms with E-state index in [4.69, 9.17) is 4.74 Å². The van der Waals surface area contributed by atoms with Gasteiger partial charge in [0.2, 0.25) is 0 Å². The third-order valence-corrected chi connectivity index (χ3v) is 5.61. The Morgan fingerprint density at radius 2 is 2.00 bits per heavy atom. The molecule has 2 fully saturated rings. The van der Waals surface area contributed by atoms with E-state index in [1.807, 2.05) is 0 Å². The van der Waals surface area contributed by atoms with E-state index < -0.39 is 0 Å². The average Bonchev–Trinajstić information content (AvgIpc) is 2.45. The summed E-state index contributed by atoms with van der Waals surface area (Å²) in [5, 5.41) is 3.67.